The standard InChI is InChI=1S/C21H30N4OS/c1-16(20-8-5-11-27-20)13-23-21(22-2)24-14-17-9-10-25(15-17)18-6-4-7-19(12-18)26-3/h4-8,11-12,16-17H,9-10,13-15H2,1-3H3,(H2,22,23,24). The lowest BCUT2D eigenvalue weighted by molar-refractivity contribution is 0.415. The van der Waals surface area contributed by atoms with Gasteiger partial charge in [0.1, 0.15) is 5.75 Å². The van der Waals surface area contributed by atoms with Gasteiger partial charge in [-0.05, 0) is 35.9 Å². The molecule has 2 atom stereocenters. The summed E-state index contributed by atoms with van der Waals surface area (Å²) in [4.78, 5) is 8.21. The van der Waals surface area contributed by atoms with Crippen LogP contribution in [0.2, 0.25) is 0 Å². The van der Waals surface area contributed by atoms with Gasteiger partial charge in [0.05, 0.1) is 7.11 Å². The number of guanidine groups is 1. The number of nitrogens with zero attached hydrogens (tertiary/aromatic N) is 2. The van der Waals surface area contributed by atoms with Crippen LogP contribution in [-0.4, -0.2) is 46.3 Å². The Morgan fingerprint density at radius 3 is 2.96 bits per heavy atom. The first-order valence-electron chi connectivity index (χ1n) is 9.56. The van der Waals surface area contributed by atoms with E-state index >= 15 is 0 Å². The number of hydrogen-bond donors (Lipinski definition) is 2. The average Bonchev–Trinajstić information content (AvgIpc) is 3.40. The summed E-state index contributed by atoms with van der Waals surface area (Å²) in [6, 6.07) is 12.6. The maximum Gasteiger partial charge on any atom is 0.191 e. The molecular formula is C21H30N4OS. The first-order chi connectivity index (χ1) is 13.2. The van der Waals surface area contributed by atoms with Gasteiger partial charge in [-0.1, -0.05) is 19.1 Å². The molecule has 3 rings (SSSR count). The summed E-state index contributed by atoms with van der Waals surface area (Å²) in [6.07, 6.45) is 1.19. The SMILES string of the molecule is CN=C(NCC1CCN(c2cccc(OC)c2)C1)NCC(C)c1cccs1. The van der Waals surface area contributed by atoms with E-state index in [1.165, 1.54) is 17.0 Å². The van der Waals surface area contributed by atoms with Crippen molar-refractivity contribution in [3.8, 4) is 5.75 Å². The van der Waals surface area contributed by atoms with E-state index in [1.54, 1.807) is 7.11 Å². The van der Waals surface area contributed by atoms with E-state index in [-0.39, 0.29) is 0 Å². The van der Waals surface area contributed by atoms with Crippen LogP contribution in [0.3, 0.4) is 0 Å². The van der Waals surface area contributed by atoms with E-state index in [9.17, 15) is 0 Å². The number of benzene rings is 1. The molecular weight excluding hydrogens is 356 g/mol. The third-order valence-corrected chi connectivity index (χ3v) is 6.19. The van der Waals surface area contributed by atoms with Gasteiger partial charge in [0.2, 0.25) is 0 Å². The normalized spacial score (nSPS) is 18.4. The molecule has 0 spiro atoms. The zero-order chi connectivity index (χ0) is 19.1. The number of ether oxygens (including phenoxy) is 1. The summed E-state index contributed by atoms with van der Waals surface area (Å²) >= 11 is 1.81. The molecule has 2 N–H and O–H groups in total. The van der Waals surface area contributed by atoms with Crippen LogP contribution in [0.5, 0.6) is 5.75 Å². The molecule has 1 saturated heterocycles. The van der Waals surface area contributed by atoms with E-state index in [0.29, 0.717) is 11.8 Å². The quantitative estimate of drug-likeness (QED) is 0.564. The number of hydrogen-bond acceptors (Lipinski definition) is 4. The molecule has 2 aromatic rings. The molecule has 1 aromatic carbocycles. The second-order valence-electron chi connectivity index (χ2n) is 7.05. The van der Waals surface area contributed by atoms with Crippen LogP contribution in [0.1, 0.15) is 24.1 Å². The van der Waals surface area contributed by atoms with Crippen LogP contribution >= 0.6 is 11.3 Å². The number of anilines is 1. The van der Waals surface area contributed by atoms with Gasteiger partial charge in [-0.2, -0.15) is 0 Å². The molecule has 5 nitrogen and oxygen atoms in total. The molecule has 0 radical (unpaired) electrons. The van der Waals surface area contributed by atoms with Crippen LogP contribution in [0.25, 0.3) is 0 Å². The first kappa shape index (κ1) is 19.5. The number of aliphatic imine (C=N–C) groups is 1. The highest BCUT2D eigenvalue weighted by molar-refractivity contribution is 7.10. The van der Waals surface area contributed by atoms with E-state index in [2.05, 4.69) is 63.2 Å². The van der Waals surface area contributed by atoms with Crippen molar-refractivity contribution < 1.29 is 4.74 Å². The summed E-state index contributed by atoms with van der Waals surface area (Å²) in [6.45, 7) is 6.22. The highest BCUT2D eigenvalue weighted by Gasteiger charge is 2.23. The van der Waals surface area contributed by atoms with Gasteiger partial charge in [-0.25, -0.2) is 0 Å². The Bertz CT molecular complexity index is 732. The summed E-state index contributed by atoms with van der Waals surface area (Å²) in [5, 5.41) is 9.08. The van der Waals surface area contributed by atoms with Crippen molar-refractivity contribution in [1.29, 1.82) is 0 Å². The number of nitrogens with one attached hydrogen (secondary N) is 2. The molecule has 6 heteroatoms. The maximum absolute atomic E-state index is 5.35. The van der Waals surface area contributed by atoms with E-state index in [0.717, 1.165) is 37.9 Å². The molecule has 27 heavy (non-hydrogen) atoms. The molecule has 2 unspecified atom stereocenters. The number of thiophene rings is 1. The number of methoxy groups -OCH3 is 1. The minimum atomic E-state index is 0.485. The van der Waals surface area contributed by atoms with E-state index in [1.807, 2.05) is 24.5 Å². The predicted octanol–water partition coefficient (Wildman–Crippen LogP) is 3.55. The van der Waals surface area contributed by atoms with Crippen molar-refractivity contribution >= 4 is 23.0 Å². The van der Waals surface area contributed by atoms with Crippen LogP contribution < -0.4 is 20.3 Å². The smallest absolute Gasteiger partial charge is 0.191 e. The van der Waals surface area contributed by atoms with Gasteiger partial charge in [-0.3, -0.25) is 4.99 Å². The van der Waals surface area contributed by atoms with E-state index in [4.69, 9.17) is 4.74 Å². The molecule has 146 valence electrons. The van der Waals surface area contributed by atoms with Crippen LogP contribution in [0.15, 0.2) is 46.8 Å². The second-order valence-corrected chi connectivity index (χ2v) is 8.03. The van der Waals surface area contributed by atoms with Gasteiger partial charge in [0.15, 0.2) is 5.96 Å². The van der Waals surface area contributed by atoms with Crippen molar-refractivity contribution in [2.24, 2.45) is 10.9 Å². The summed E-state index contributed by atoms with van der Waals surface area (Å²) < 4.78 is 5.35. The maximum atomic E-state index is 5.35. The monoisotopic (exact) mass is 386 g/mol. The summed E-state index contributed by atoms with van der Waals surface area (Å²) in [5.74, 6) is 2.90. The second kappa shape index (κ2) is 9.65. The van der Waals surface area contributed by atoms with Crippen molar-refractivity contribution in [2.75, 3.05) is 45.2 Å². The lowest BCUT2D eigenvalue weighted by Crippen LogP contribution is -2.41. The zero-order valence-electron chi connectivity index (χ0n) is 16.4. The highest BCUT2D eigenvalue weighted by atomic mass is 32.1. The lowest BCUT2D eigenvalue weighted by Gasteiger charge is -2.20. The van der Waals surface area contributed by atoms with Gasteiger partial charge < -0.3 is 20.3 Å². The molecule has 1 aliphatic rings. The van der Waals surface area contributed by atoms with Crippen LogP contribution in [0, 0.1) is 5.92 Å². The minimum absolute atomic E-state index is 0.485. The molecule has 0 saturated carbocycles. The fourth-order valence-electron chi connectivity index (χ4n) is 3.42. The average molecular weight is 387 g/mol. The van der Waals surface area contributed by atoms with Gasteiger partial charge >= 0.3 is 0 Å². The highest BCUT2D eigenvalue weighted by Crippen LogP contribution is 2.26. The lowest BCUT2D eigenvalue weighted by atomic mass is 10.1. The minimum Gasteiger partial charge on any atom is -0.497 e. The Balaban J connectivity index is 1.44. The van der Waals surface area contributed by atoms with Crippen molar-refractivity contribution in [3.63, 3.8) is 0 Å². The third kappa shape index (κ3) is 5.39. The molecule has 0 bridgehead atoms. The molecule has 1 aliphatic heterocycles. The predicted molar refractivity (Wildman–Crippen MR) is 115 cm³/mol. The Labute approximate surface area is 166 Å². The third-order valence-electron chi connectivity index (χ3n) is 5.09. The Kier molecular flexibility index (Phi) is 6.98. The fourth-order valence-corrected chi connectivity index (χ4v) is 4.21. The molecule has 0 aliphatic carbocycles. The molecule has 1 fully saturated rings. The Morgan fingerprint density at radius 1 is 1.33 bits per heavy atom. The first-order valence-corrected chi connectivity index (χ1v) is 10.4. The molecule has 0 amide bonds. The Hall–Kier alpha value is -2.21. The van der Waals surface area contributed by atoms with Crippen LogP contribution in [-0.2, 0) is 0 Å². The summed E-state index contributed by atoms with van der Waals surface area (Å²) in [5.41, 5.74) is 1.24. The zero-order valence-corrected chi connectivity index (χ0v) is 17.3. The summed E-state index contributed by atoms with van der Waals surface area (Å²) in [7, 11) is 3.55. The van der Waals surface area contributed by atoms with Gasteiger partial charge in [0, 0.05) is 55.8 Å². The fraction of sp³-hybridized carbons (Fsp3) is 0.476. The van der Waals surface area contributed by atoms with Crippen molar-refractivity contribution in [1.82, 2.24) is 10.6 Å². The van der Waals surface area contributed by atoms with Crippen molar-refractivity contribution in [2.45, 2.75) is 19.3 Å². The van der Waals surface area contributed by atoms with E-state index < -0.39 is 0 Å². The van der Waals surface area contributed by atoms with Crippen LogP contribution in [0.4, 0.5) is 5.69 Å². The van der Waals surface area contributed by atoms with Gasteiger partial charge in [0.25, 0.3) is 0 Å². The molecule has 1 aromatic heterocycles. The number of rotatable bonds is 7. The topological polar surface area (TPSA) is 48.9 Å². The molecule has 2 heterocycles. The Morgan fingerprint density at radius 2 is 2.22 bits per heavy atom. The van der Waals surface area contributed by atoms with Crippen molar-refractivity contribution in [3.05, 3.63) is 46.7 Å². The van der Waals surface area contributed by atoms with Gasteiger partial charge in [-0.15, -0.1) is 11.3 Å². The largest absolute Gasteiger partial charge is 0.497 e.